The van der Waals surface area contributed by atoms with Crippen LogP contribution < -0.4 is 0 Å². The molecule has 3 fully saturated rings. The average Bonchev–Trinajstić information content (AvgIpc) is 2.67. The Morgan fingerprint density at radius 3 is 2.76 bits per heavy atom. The van der Waals surface area contributed by atoms with E-state index in [0.29, 0.717) is 12.0 Å². The number of furan rings is 1. The largest absolute Gasteiger partial charge is 0.465 e. The second-order valence-corrected chi connectivity index (χ2v) is 6.62. The van der Waals surface area contributed by atoms with Gasteiger partial charge in [0.25, 0.3) is 0 Å². The molecule has 0 N–H and O–H groups in total. The molecule has 21 heavy (non-hydrogen) atoms. The fraction of sp³-hybridized carbons (Fsp3) is 0.688. The third-order valence-electron chi connectivity index (χ3n) is 4.64. The molecule has 5 heteroatoms. The lowest BCUT2D eigenvalue weighted by molar-refractivity contribution is 0.114. The first-order valence-corrected chi connectivity index (χ1v) is 7.78. The maximum Gasteiger partial charge on any atom is 0.319 e. The van der Waals surface area contributed by atoms with Crippen molar-refractivity contribution < 1.29 is 9.21 Å². The van der Waals surface area contributed by atoms with Gasteiger partial charge in [-0.2, -0.15) is 0 Å². The normalized spacial score (nSPS) is 26.0. The van der Waals surface area contributed by atoms with E-state index in [1.54, 1.807) is 4.90 Å². The molecule has 0 saturated carbocycles. The summed E-state index contributed by atoms with van der Waals surface area (Å²) in [4.78, 5) is 18.5. The van der Waals surface area contributed by atoms with Gasteiger partial charge >= 0.3 is 6.03 Å². The second kappa shape index (κ2) is 5.72. The summed E-state index contributed by atoms with van der Waals surface area (Å²) in [5.41, 5.74) is 0. The summed E-state index contributed by atoms with van der Waals surface area (Å²) in [6.07, 6.45) is 2.41. The van der Waals surface area contributed by atoms with Gasteiger partial charge in [-0.3, -0.25) is 4.90 Å². The fourth-order valence-corrected chi connectivity index (χ4v) is 3.58. The van der Waals surface area contributed by atoms with Gasteiger partial charge in [0.15, 0.2) is 0 Å². The number of urea groups is 1. The van der Waals surface area contributed by atoms with Crippen LogP contribution in [0.3, 0.4) is 0 Å². The number of aryl methyl sites for hydroxylation is 1. The second-order valence-electron chi connectivity index (χ2n) is 6.62. The minimum Gasteiger partial charge on any atom is -0.465 e. The molecule has 0 aromatic carbocycles. The van der Waals surface area contributed by atoms with Gasteiger partial charge in [-0.1, -0.05) is 0 Å². The van der Waals surface area contributed by atoms with Crippen LogP contribution >= 0.6 is 0 Å². The van der Waals surface area contributed by atoms with Gasteiger partial charge in [0.1, 0.15) is 11.5 Å². The van der Waals surface area contributed by atoms with Crippen molar-refractivity contribution in [3.8, 4) is 0 Å². The Kier molecular flexibility index (Phi) is 3.93. The van der Waals surface area contributed by atoms with Crippen LogP contribution in [0, 0.1) is 12.8 Å². The number of amides is 2. The number of hydrogen-bond donors (Lipinski definition) is 0. The SMILES string of the molecule is Cc1ccc(CN2C[C@@H]3CC[C@H]2CN(C(=O)N(C)C)C3)o1. The summed E-state index contributed by atoms with van der Waals surface area (Å²) in [5, 5.41) is 0. The Labute approximate surface area is 126 Å². The van der Waals surface area contributed by atoms with Crippen LogP contribution in [0.5, 0.6) is 0 Å². The van der Waals surface area contributed by atoms with Crippen LogP contribution in [0.4, 0.5) is 4.79 Å². The van der Waals surface area contributed by atoms with Gasteiger partial charge in [0.2, 0.25) is 0 Å². The fourth-order valence-electron chi connectivity index (χ4n) is 3.58. The quantitative estimate of drug-likeness (QED) is 0.838. The first-order valence-electron chi connectivity index (χ1n) is 7.78. The lowest BCUT2D eigenvalue weighted by Crippen LogP contribution is -2.45. The van der Waals surface area contributed by atoms with Crippen molar-refractivity contribution in [2.45, 2.75) is 32.4 Å². The van der Waals surface area contributed by atoms with Crippen molar-refractivity contribution in [2.24, 2.45) is 5.92 Å². The van der Waals surface area contributed by atoms with Gasteiger partial charge in [0, 0.05) is 39.8 Å². The number of carbonyl (C=O) groups excluding carboxylic acids is 1. The maximum atomic E-state index is 12.3. The van der Waals surface area contributed by atoms with E-state index < -0.39 is 0 Å². The van der Waals surface area contributed by atoms with E-state index in [-0.39, 0.29) is 6.03 Å². The van der Waals surface area contributed by atoms with E-state index in [0.717, 1.165) is 37.7 Å². The first kappa shape index (κ1) is 14.4. The highest BCUT2D eigenvalue weighted by Gasteiger charge is 2.37. The Morgan fingerprint density at radius 2 is 2.10 bits per heavy atom. The molecule has 1 aromatic rings. The van der Waals surface area contributed by atoms with Crippen LogP contribution in [0.1, 0.15) is 24.4 Å². The molecule has 3 aliphatic heterocycles. The van der Waals surface area contributed by atoms with Crippen LogP contribution in [-0.2, 0) is 6.54 Å². The summed E-state index contributed by atoms with van der Waals surface area (Å²) < 4.78 is 5.72. The minimum atomic E-state index is 0.141. The van der Waals surface area contributed by atoms with Crippen LogP contribution in [0.2, 0.25) is 0 Å². The third kappa shape index (κ3) is 3.07. The van der Waals surface area contributed by atoms with Crippen molar-refractivity contribution in [1.82, 2.24) is 14.7 Å². The molecule has 4 heterocycles. The Balaban J connectivity index is 1.70. The molecule has 116 valence electrons. The molecule has 5 nitrogen and oxygen atoms in total. The lowest BCUT2D eigenvalue weighted by atomic mass is 9.95. The Hall–Kier alpha value is -1.49. The van der Waals surface area contributed by atoms with E-state index >= 15 is 0 Å². The van der Waals surface area contributed by atoms with Gasteiger partial charge in [-0.25, -0.2) is 4.79 Å². The molecule has 2 atom stereocenters. The van der Waals surface area contributed by atoms with E-state index in [9.17, 15) is 4.79 Å². The zero-order valence-electron chi connectivity index (χ0n) is 13.2. The van der Waals surface area contributed by atoms with Crippen molar-refractivity contribution in [3.05, 3.63) is 23.7 Å². The summed E-state index contributed by atoms with van der Waals surface area (Å²) in [6.45, 7) is 5.64. The topological polar surface area (TPSA) is 39.9 Å². The first-order chi connectivity index (χ1) is 10.0. The highest BCUT2D eigenvalue weighted by atomic mass is 16.3. The molecular weight excluding hydrogens is 266 g/mol. The minimum absolute atomic E-state index is 0.141. The Bertz CT molecular complexity index is 511. The molecule has 0 unspecified atom stereocenters. The average molecular weight is 291 g/mol. The lowest BCUT2D eigenvalue weighted by Gasteiger charge is -2.35. The van der Waals surface area contributed by atoms with Crippen molar-refractivity contribution in [3.63, 3.8) is 0 Å². The highest BCUT2D eigenvalue weighted by molar-refractivity contribution is 5.74. The molecule has 0 radical (unpaired) electrons. The summed E-state index contributed by atoms with van der Waals surface area (Å²) in [5.74, 6) is 2.59. The maximum absolute atomic E-state index is 12.3. The van der Waals surface area contributed by atoms with E-state index in [2.05, 4.69) is 11.0 Å². The summed E-state index contributed by atoms with van der Waals surface area (Å²) in [7, 11) is 3.66. The van der Waals surface area contributed by atoms with Gasteiger partial charge in [-0.05, 0) is 37.8 Å². The molecular formula is C16H25N3O2. The highest BCUT2D eigenvalue weighted by Crippen LogP contribution is 2.29. The van der Waals surface area contributed by atoms with Crippen LogP contribution in [0.25, 0.3) is 0 Å². The smallest absolute Gasteiger partial charge is 0.319 e. The monoisotopic (exact) mass is 291 g/mol. The Morgan fingerprint density at radius 1 is 1.29 bits per heavy atom. The number of fused-ring (bicyclic) bond motifs is 4. The van der Waals surface area contributed by atoms with Crippen molar-refractivity contribution >= 4 is 6.03 Å². The van der Waals surface area contributed by atoms with E-state index in [1.165, 1.54) is 12.8 Å². The molecule has 0 spiro atoms. The zero-order chi connectivity index (χ0) is 15.0. The van der Waals surface area contributed by atoms with Crippen molar-refractivity contribution in [2.75, 3.05) is 33.7 Å². The number of piperidine rings is 1. The molecule has 2 bridgehead atoms. The number of carbonyl (C=O) groups is 1. The molecule has 4 rings (SSSR count). The zero-order valence-corrected chi connectivity index (χ0v) is 13.2. The molecule has 1 aromatic heterocycles. The predicted molar refractivity (Wildman–Crippen MR) is 81.0 cm³/mol. The molecule has 3 aliphatic rings. The predicted octanol–water partition coefficient (Wildman–Crippen LogP) is 2.17. The summed E-state index contributed by atoms with van der Waals surface area (Å²) >= 11 is 0. The third-order valence-corrected chi connectivity index (χ3v) is 4.64. The molecule has 0 aliphatic carbocycles. The van der Waals surface area contributed by atoms with Gasteiger partial charge in [-0.15, -0.1) is 0 Å². The van der Waals surface area contributed by atoms with Gasteiger partial charge in [0.05, 0.1) is 6.54 Å². The number of hydrogen-bond acceptors (Lipinski definition) is 3. The number of rotatable bonds is 2. The standard InChI is InChI=1S/C16H25N3O2/c1-12-4-7-15(21-12)11-18-8-13-5-6-14(18)10-19(9-13)16(20)17(2)3/h4,7,13-14H,5-6,8-11H2,1-3H3/t13-,14-/m0/s1. The summed E-state index contributed by atoms with van der Waals surface area (Å²) in [6, 6.07) is 4.69. The van der Waals surface area contributed by atoms with E-state index in [4.69, 9.17) is 4.42 Å². The molecule has 2 amide bonds. The van der Waals surface area contributed by atoms with Crippen LogP contribution in [-0.4, -0.2) is 60.5 Å². The van der Waals surface area contributed by atoms with Gasteiger partial charge < -0.3 is 14.2 Å². The number of nitrogens with zero attached hydrogens (tertiary/aromatic N) is 3. The van der Waals surface area contributed by atoms with E-state index in [1.807, 2.05) is 32.0 Å². The molecule has 3 saturated heterocycles. The van der Waals surface area contributed by atoms with Crippen molar-refractivity contribution in [1.29, 1.82) is 0 Å². The van der Waals surface area contributed by atoms with Crippen LogP contribution in [0.15, 0.2) is 16.5 Å².